The van der Waals surface area contributed by atoms with E-state index in [-0.39, 0.29) is 24.4 Å². The Bertz CT molecular complexity index is 767. The fourth-order valence-electron chi connectivity index (χ4n) is 2.96. The molecule has 1 aliphatic heterocycles. The lowest BCUT2D eigenvalue weighted by Crippen LogP contribution is -2.08. The standard InChI is InChI=1S/C20H21NO3/c1-14-5-4-11-21-20(14)18(23)9-8-17(22)15-7-10-19-16(13-15)6-2-3-12-24-19/h4-5,7,10-11,13H,2-3,6,8-9,12H2,1H3. The lowest BCUT2D eigenvalue weighted by Gasteiger charge is -2.09. The zero-order chi connectivity index (χ0) is 16.9. The first kappa shape index (κ1) is 16.4. The first-order chi connectivity index (χ1) is 11.6. The van der Waals surface area contributed by atoms with Crippen LogP contribution >= 0.6 is 0 Å². The minimum Gasteiger partial charge on any atom is -0.493 e. The van der Waals surface area contributed by atoms with E-state index < -0.39 is 0 Å². The maximum Gasteiger partial charge on any atom is 0.181 e. The van der Waals surface area contributed by atoms with Crippen LogP contribution in [0.5, 0.6) is 5.75 Å². The van der Waals surface area contributed by atoms with Crippen molar-refractivity contribution in [3.8, 4) is 5.75 Å². The Morgan fingerprint density at radius 1 is 1.12 bits per heavy atom. The summed E-state index contributed by atoms with van der Waals surface area (Å²) in [6.07, 6.45) is 5.04. The molecule has 2 heterocycles. The van der Waals surface area contributed by atoms with Crippen molar-refractivity contribution in [2.45, 2.75) is 39.0 Å². The molecule has 24 heavy (non-hydrogen) atoms. The third kappa shape index (κ3) is 3.70. The Morgan fingerprint density at radius 2 is 1.96 bits per heavy atom. The number of benzene rings is 1. The topological polar surface area (TPSA) is 56.3 Å². The van der Waals surface area contributed by atoms with Gasteiger partial charge in [0.1, 0.15) is 11.4 Å². The maximum absolute atomic E-state index is 12.4. The van der Waals surface area contributed by atoms with Crippen molar-refractivity contribution in [1.29, 1.82) is 0 Å². The molecule has 2 aromatic rings. The number of hydrogen-bond acceptors (Lipinski definition) is 4. The van der Waals surface area contributed by atoms with Gasteiger partial charge in [0.25, 0.3) is 0 Å². The van der Waals surface area contributed by atoms with Crippen LogP contribution in [0.3, 0.4) is 0 Å². The van der Waals surface area contributed by atoms with Crippen LogP contribution in [0.1, 0.15) is 57.7 Å². The number of carbonyl (C=O) groups is 2. The highest BCUT2D eigenvalue weighted by Crippen LogP contribution is 2.26. The molecule has 124 valence electrons. The Morgan fingerprint density at radius 3 is 2.79 bits per heavy atom. The normalized spacial score (nSPS) is 13.5. The summed E-state index contributed by atoms with van der Waals surface area (Å²) in [5.41, 5.74) is 3.05. The number of rotatable bonds is 5. The van der Waals surface area contributed by atoms with Crippen molar-refractivity contribution in [3.05, 3.63) is 58.9 Å². The van der Waals surface area contributed by atoms with Crippen molar-refractivity contribution in [2.24, 2.45) is 0 Å². The highest BCUT2D eigenvalue weighted by Gasteiger charge is 2.16. The number of Topliss-reactive ketones (excluding diaryl/α,β-unsaturated/α-hetero) is 2. The smallest absolute Gasteiger partial charge is 0.181 e. The molecule has 3 rings (SSSR count). The molecule has 0 amide bonds. The van der Waals surface area contributed by atoms with Gasteiger partial charge in [-0.05, 0) is 61.6 Å². The predicted molar refractivity (Wildman–Crippen MR) is 91.7 cm³/mol. The molecular formula is C20H21NO3. The number of nitrogens with zero attached hydrogens (tertiary/aromatic N) is 1. The molecule has 1 aliphatic rings. The predicted octanol–water partition coefficient (Wildman–Crippen LogP) is 3.95. The number of carbonyl (C=O) groups excluding carboxylic acids is 2. The van der Waals surface area contributed by atoms with Crippen LogP contribution in [0.25, 0.3) is 0 Å². The van der Waals surface area contributed by atoms with Gasteiger partial charge in [-0.2, -0.15) is 0 Å². The van der Waals surface area contributed by atoms with Gasteiger partial charge in [-0.25, -0.2) is 0 Å². The molecule has 4 nitrogen and oxygen atoms in total. The number of aryl methyl sites for hydroxylation is 2. The number of fused-ring (bicyclic) bond motifs is 1. The van der Waals surface area contributed by atoms with E-state index in [0.717, 1.165) is 42.7 Å². The zero-order valence-electron chi connectivity index (χ0n) is 13.9. The second-order valence-corrected chi connectivity index (χ2v) is 6.14. The molecular weight excluding hydrogens is 302 g/mol. The van der Waals surface area contributed by atoms with Crippen LogP contribution in [-0.2, 0) is 6.42 Å². The minimum absolute atomic E-state index is 0.0102. The van der Waals surface area contributed by atoms with Gasteiger partial charge in [-0.15, -0.1) is 0 Å². The summed E-state index contributed by atoms with van der Waals surface area (Å²) in [6.45, 7) is 2.59. The summed E-state index contributed by atoms with van der Waals surface area (Å²) in [6, 6.07) is 9.24. The van der Waals surface area contributed by atoms with Gasteiger partial charge < -0.3 is 4.74 Å². The molecule has 0 atom stereocenters. The molecule has 0 radical (unpaired) electrons. The van der Waals surface area contributed by atoms with Crippen molar-refractivity contribution in [1.82, 2.24) is 4.98 Å². The first-order valence-corrected chi connectivity index (χ1v) is 8.39. The Hall–Kier alpha value is -2.49. The number of ketones is 2. The van der Waals surface area contributed by atoms with Gasteiger partial charge in [0.15, 0.2) is 11.6 Å². The summed E-state index contributed by atoms with van der Waals surface area (Å²) in [5, 5.41) is 0. The third-order valence-corrected chi connectivity index (χ3v) is 4.33. The van der Waals surface area contributed by atoms with Crippen molar-refractivity contribution < 1.29 is 14.3 Å². The van der Waals surface area contributed by atoms with E-state index in [2.05, 4.69) is 4.98 Å². The van der Waals surface area contributed by atoms with Crippen molar-refractivity contribution >= 4 is 11.6 Å². The Labute approximate surface area is 141 Å². The number of aromatic nitrogens is 1. The largest absolute Gasteiger partial charge is 0.493 e. The molecule has 0 spiro atoms. The SMILES string of the molecule is Cc1cccnc1C(=O)CCC(=O)c1ccc2c(c1)CCCCO2. The highest BCUT2D eigenvalue weighted by atomic mass is 16.5. The van der Waals surface area contributed by atoms with Crippen LogP contribution < -0.4 is 4.74 Å². The second-order valence-electron chi connectivity index (χ2n) is 6.14. The van der Waals surface area contributed by atoms with Crippen LogP contribution in [0.4, 0.5) is 0 Å². The fourth-order valence-corrected chi connectivity index (χ4v) is 2.96. The molecule has 0 N–H and O–H groups in total. The molecule has 0 saturated carbocycles. The molecule has 0 saturated heterocycles. The summed E-state index contributed by atoms with van der Waals surface area (Å²) in [4.78, 5) is 28.8. The zero-order valence-corrected chi connectivity index (χ0v) is 13.9. The molecule has 0 aliphatic carbocycles. The second kappa shape index (κ2) is 7.39. The molecule has 1 aromatic carbocycles. The van der Waals surface area contributed by atoms with Crippen LogP contribution in [0.2, 0.25) is 0 Å². The molecule has 0 unspecified atom stereocenters. The molecule has 0 bridgehead atoms. The first-order valence-electron chi connectivity index (χ1n) is 8.39. The fraction of sp³-hybridized carbons (Fsp3) is 0.350. The quantitative estimate of drug-likeness (QED) is 0.782. The summed E-state index contributed by atoms with van der Waals surface area (Å²) in [7, 11) is 0. The summed E-state index contributed by atoms with van der Waals surface area (Å²) >= 11 is 0. The molecule has 1 aromatic heterocycles. The maximum atomic E-state index is 12.4. The van der Waals surface area contributed by atoms with E-state index in [0.29, 0.717) is 11.3 Å². The Balaban J connectivity index is 1.66. The van der Waals surface area contributed by atoms with Crippen LogP contribution in [-0.4, -0.2) is 23.2 Å². The van der Waals surface area contributed by atoms with E-state index in [1.54, 1.807) is 18.3 Å². The van der Waals surface area contributed by atoms with E-state index in [1.807, 2.05) is 25.1 Å². The van der Waals surface area contributed by atoms with Crippen LogP contribution in [0.15, 0.2) is 36.5 Å². The van der Waals surface area contributed by atoms with Gasteiger partial charge in [0.05, 0.1) is 6.61 Å². The average Bonchev–Trinajstić information content (AvgIpc) is 2.84. The van der Waals surface area contributed by atoms with Gasteiger partial charge in [0, 0.05) is 24.6 Å². The average molecular weight is 323 g/mol. The van der Waals surface area contributed by atoms with E-state index >= 15 is 0 Å². The number of hydrogen-bond donors (Lipinski definition) is 0. The van der Waals surface area contributed by atoms with E-state index in [9.17, 15) is 9.59 Å². The summed E-state index contributed by atoms with van der Waals surface area (Å²) < 4.78 is 5.68. The molecule has 4 heteroatoms. The van der Waals surface area contributed by atoms with Crippen molar-refractivity contribution in [3.63, 3.8) is 0 Å². The van der Waals surface area contributed by atoms with Gasteiger partial charge in [-0.1, -0.05) is 6.07 Å². The van der Waals surface area contributed by atoms with Gasteiger partial charge in [0.2, 0.25) is 0 Å². The van der Waals surface area contributed by atoms with Gasteiger partial charge in [-0.3, -0.25) is 14.6 Å². The molecule has 0 fully saturated rings. The number of pyridine rings is 1. The minimum atomic E-state index is -0.0838. The van der Waals surface area contributed by atoms with Gasteiger partial charge >= 0.3 is 0 Å². The lowest BCUT2D eigenvalue weighted by atomic mass is 9.99. The van der Waals surface area contributed by atoms with Crippen molar-refractivity contribution in [2.75, 3.05) is 6.61 Å². The lowest BCUT2D eigenvalue weighted by molar-refractivity contribution is 0.0914. The number of ether oxygens (including phenoxy) is 1. The highest BCUT2D eigenvalue weighted by molar-refractivity contribution is 6.02. The Kier molecular flexibility index (Phi) is 5.04. The van der Waals surface area contributed by atoms with E-state index in [4.69, 9.17) is 4.74 Å². The summed E-state index contributed by atoms with van der Waals surface area (Å²) in [5.74, 6) is 0.785. The van der Waals surface area contributed by atoms with Crippen LogP contribution in [0, 0.1) is 6.92 Å². The third-order valence-electron chi connectivity index (χ3n) is 4.33. The van der Waals surface area contributed by atoms with E-state index in [1.165, 1.54) is 0 Å². The monoisotopic (exact) mass is 323 g/mol.